The molecule has 0 spiro atoms. The molecule has 0 nitrogen and oxygen atoms in total. The molecule has 182 valence electrons. The molecule has 0 radical (unpaired) electrons. The summed E-state index contributed by atoms with van der Waals surface area (Å²) in [7, 11) is 0. The Morgan fingerprint density at radius 2 is 1.31 bits per heavy atom. The van der Waals surface area contributed by atoms with Crippen molar-refractivity contribution in [3.05, 3.63) is 70.8 Å². The molecule has 0 saturated carbocycles. The molecule has 1 aliphatic carbocycles. The van der Waals surface area contributed by atoms with Gasteiger partial charge in [-0.15, -0.1) is 0 Å². The van der Waals surface area contributed by atoms with E-state index in [1.165, 1.54) is 62.5 Å². The molecule has 0 amide bonds. The predicted molar refractivity (Wildman–Crippen MR) is 148 cm³/mol. The van der Waals surface area contributed by atoms with Gasteiger partial charge in [0.25, 0.3) is 0 Å². The number of rotatable bonds is 5. The molecule has 0 bridgehead atoms. The molecule has 3 rings (SSSR count). The van der Waals surface area contributed by atoms with E-state index in [-0.39, 0.29) is 0 Å². The van der Waals surface area contributed by atoms with Gasteiger partial charge in [0.15, 0.2) is 0 Å². The summed E-state index contributed by atoms with van der Waals surface area (Å²) in [6.07, 6.45) is 10.8. The van der Waals surface area contributed by atoms with Gasteiger partial charge >= 0.3 is 0 Å². The molecule has 0 heteroatoms. The smallest absolute Gasteiger partial charge is 0.0250 e. The third kappa shape index (κ3) is 14.5. The number of unbranched alkanes of at least 4 members (excludes halogenated alkanes) is 1. The van der Waals surface area contributed by atoms with Gasteiger partial charge in [0.2, 0.25) is 0 Å². The van der Waals surface area contributed by atoms with Crippen LogP contribution in [0.3, 0.4) is 0 Å². The molecule has 1 aliphatic rings. The molecular formula is C32H54. The molecule has 0 aromatic heterocycles. The molecule has 2 atom stereocenters. The van der Waals surface area contributed by atoms with Crippen LogP contribution in [0.25, 0.3) is 0 Å². The van der Waals surface area contributed by atoms with Crippen LogP contribution in [0, 0.1) is 31.6 Å². The van der Waals surface area contributed by atoms with Crippen LogP contribution in [-0.4, -0.2) is 0 Å². The highest BCUT2D eigenvalue weighted by atomic mass is 14.2. The van der Waals surface area contributed by atoms with Crippen LogP contribution in [0.1, 0.15) is 109 Å². The Hall–Kier alpha value is -1.56. The molecule has 32 heavy (non-hydrogen) atoms. The zero-order chi connectivity index (χ0) is 24.4. The van der Waals surface area contributed by atoms with E-state index in [0.717, 1.165) is 17.8 Å². The van der Waals surface area contributed by atoms with Crippen molar-refractivity contribution in [3.63, 3.8) is 0 Å². The highest BCUT2D eigenvalue weighted by Crippen LogP contribution is 2.24. The summed E-state index contributed by atoms with van der Waals surface area (Å²) >= 11 is 0. The van der Waals surface area contributed by atoms with Crippen LogP contribution >= 0.6 is 0 Å². The molecule has 0 saturated heterocycles. The highest BCUT2D eigenvalue weighted by Gasteiger charge is 2.13. The highest BCUT2D eigenvalue weighted by molar-refractivity contribution is 5.29. The average molecular weight is 439 g/mol. The fraction of sp³-hybridized carbons (Fsp3) is 0.625. The zero-order valence-corrected chi connectivity index (χ0v) is 23.0. The van der Waals surface area contributed by atoms with Gasteiger partial charge in [0.1, 0.15) is 0 Å². The third-order valence-corrected chi connectivity index (χ3v) is 6.21. The average Bonchev–Trinajstić information content (AvgIpc) is 2.77. The fourth-order valence-corrected chi connectivity index (χ4v) is 3.99. The van der Waals surface area contributed by atoms with E-state index in [2.05, 4.69) is 111 Å². The van der Waals surface area contributed by atoms with Crippen LogP contribution in [0.15, 0.2) is 48.5 Å². The van der Waals surface area contributed by atoms with Gasteiger partial charge in [-0.1, -0.05) is 140 Å². The maximum absolute atomic E-state index is 2.34. The summed E-state index contributed by atoms with van der Waals surface area (Å²) < 4.78 is 0. The summed E-state index contributed by atoms with van der Waals surface area (Å²) in [4.78, 5) is 0. The van der Waals surface area contributed by atoms with Gasteiger partial charge < -0.3 is 0 Å². The molecular weight excluding hydrogens is 384 g/mol. The van der Waals surface area contributed by atoms with E-state index in [1.54, 1.807) is 11.1 Å². The number of benzene rings is 2. The van der Waals surface area contributed by atoms with E-state index < -0.39 is 0 Å². The molecule has 2 unspecified atom stereocenters. The van der Waals surface area contributed by atoms with Crippen molar-refractivity contribution in [1.29, 1.82) is 0 Å². The number of hydrogen-bond donors (Lipinski definition) is 0. The lowest BCUT2D eigenvalue weighted by atomic mass is 9.85. The Morgan fingerprint density at radius 3 is 1.75 bits per heavy atom. The van der Waals surface area contributed by atoms with Crippen molar-refractivity contribution in [2.24, 2.45) is 17.8 Å². The van der Waals surface area contributed by atoms with Crippen molar-refractivity contribution >= 4 is 0 Å². The predicted octanol–water partition coefficient (Wildman–Crippen LogP) is 10.4. The second kappa shape index (κ2) is 19.0. The van der Waals surface area contributed by atoms with Crippen molar-refractivity contribution in [2.45, 2.75) is 114 Å². The number of fused-ring (bicyclic) bond motifs is 1. The van der Waals surface area contributed by atoms with Gasteiger partial charge in [0, 0.05) is 0 Å². The third-order valence-electron chi connectivity index (χ3n) is 6.21. The normalized spacial score (nSPS) is 15.1. The summed E-state index contributed by atoms with van der Waals surface area (Å²) in [6.45, 7) is 20.0. The molecule has 0 fully saturated rings. The monoisotopic (exact) mass is 438 g/mol. The minimum atomic E-state index is 0.886. The maximum Gasteiger partial charge on any atom is -0.0250 e. The van der Waals surface area contributed by atoms with Crippen LogP contribution in [0.4, 0.5) is 0 Å². The van der Waals surface area contributed by atoms with Crippen molar-refractivity contribution < 1.29 is 0 Å². The van der Waals surface area contributed by atoms with Gasteiger partial charge in [-0.25, -0.2) is 0 Å². The van der Waals surface area contributed by atoms with Gasteiger partial charge in [-0.05, 0) is 62.0 Å². The van der Waals surface area contributed by atoms with Gasteiger partial charge in [0.05, 0.1) is 0 Å². The number of aryl methyl sites for hydroxylation is 3. The van der Waals surface area contributed by atoms with Crippen molar-refractivity contribution in [1.82, 2.24) is 0 Å². The molecule has 0 N–H and O–H groups in total. The second-order valence-corrected chi connectivity index (χ2v) is 10.0. The van der Waals surface area contributed by atoms with Crippen LogP contribution in [0.2, 0.25) is 0 Å². The lowest BCUT2D eigenvalue weighted by Gasteiger charge is -2.20. The largest absolute Gasteiger partial charge is 0.0656 e. The Kier molecular flexibility index (Phi) is 18.0. The molecule has 0 aliphatic heterocycles. The first kappa shape index (κ1) is 30.4. The lowest BCUT2D eigenvalue weighted by molar-refractivity contribution is 0.339. The van der Waals surface area contributed by atoms with Crippen LogP contribution in [0.5, 0.6) is 0 Å². The molecule has 2 aromatic carbocycles. The Labute approximate surface area is 202 Å². The van der Waals surface area contributed by atoms with Crippen molar-refractivity contribution in [3.8, 4) is 0 Å². The summed E-state index contributed by atoms with van der Waals surface area (Å²) in [5.74, 6) is 2.75. The van der Waals surface area contributed by atoms with E-state index in [4.69, 9.17) is 0 Å². The van der Waals surface area contributed by atoms with E-state index in [0.29, 0.717) is 0 Å². The quantitative estimate of drug-likeness (QED) is 0.435. The molecule has 0 heterocycles. The zero-order valence-electron chi connectivity index (χ0n) is 23.0. The Morgan fingerprint density at radius 1 is 0.812 bits per heavy atom. The topological polar surface area (TPSA) is 0 Å². The maximum atomic E-state index is 2.34. The van der Waals surface area contributed by atoms with Gasteiger partial charge in [-0.2, -0.15) is 0 Å². The summed E-state index contributed by atoms with van der Waals surface area (Å²) in [6, 6.07) is 17.3. The lowest BCUT2D eigenvalue weighted by Crippen LogP contribution is -2.10. The Balaban J connectivity index is 0.000000429. The minimum absolute atomic E-state index is 0.886. The number of hydrogen-bond acceptors (Lipinski definition) is 0. The van der Waals surface area contributed by atoms with E-state index >= 15 is 0 Å². The van der Waals surface area contributed by atoms with Gasteiger partial charge in [-0.3, -0.25) is 0 Å². The first-order valence-electron chi connectivity index (χ1n) is 13.4. The summed E-state index contributed by atoms with van der Waals surface area (Å²) in [5, 5.41) is 0. The standard InChI is InChI=1S/C11H14.C10H22.C8H10.C3H8/c1-9-6-7-10-4-2-3-5-11(10)8-9;1-5-7-8-10(6-2)9(3)4;1-7-3-5-8(2)6-4-7;1-3-2/h2-5,9H,6-8H2,1H3;9-10H,5-8H2,1-4H3;3-6H,1-2H3;3H2,1-2H3. The summed E-state index contributed by atoms with van der Waals surface area (Å²) in [5.41, 5.74) is 5.81. The van der Waals surface area contributed by atoms with Crippen LogP contribution < -0.4 is 0 Å². The van der Waals surface area contributed by atoms with E-state index in [9.17, 15) is 0 Å². The first-order valence-corrected chi connectivity index (χ1v) is 13.4. The fourth-order valence-electron chi connectivity index (χ4n) is 3.99. The van der Waals surface area contributed by atoms with Crippen molar-refractivity contribution in [2.75, 3.05) is 0 Å². The second-order valence-electron chi connectivity index (χ2n) is 10.0. The Bertz CT molecular complexity index is 644. The van der Waals surface area contributed by atoms with Crippen LogP contribution in [-0.2, 0) is 12.8 Å². The minimum Gasteiger partial charge on any atom is -0.0656 e. The molecule has 2 aromatic rings. The SMILES string of the molecule is CC1CCc2ccccc2C1.CCC.CCCCC(CC)C(C)C.Cc1ccc(C)cc1. The van der Waals surface area contributed by atoms with E-state index in [1.807, 2.05) is 0 Å². The first-order chi connectivity index (χ1) is 15.3.